The Morgan fingerprint density at radius 3 is 2.70 bits per heavy atom. The van der Waals surface area contributed by atoms with E-state index in [1.807, 2.05) is 36.6 Å². The van der Waals surface area contributed by atoms with Gasteiger partial charge in [-0.1, -0.05) is 30.3 Å². The lowest BCUT2D eigenvalue weighted by molar-refractivity contribution is -0.120. The maximum Gasteiger partial charge on any atom is 0.237 e. The van der Waals surface area contributed by atoms with E-state index in [1.165, 1.54) is 0 Å². The Hall–Kier alpha value is -1.04. The van der Waals surface area contributed by atoms with Gasteiger partial charge in [-0.3, -0.25) is 9.69 Å². The molecule has 1 aromatic carbocycles. The van der Waals surface area contributed by atoms with E-state index >= 15 is 0 Å². The molecule has 1 aromatic rings. The van der Waals surface area contributed by atoms with Gasteiger partial charge in [0.1, 0.15) is 5.25 Å². The third-order valence-electron chi connectivity index (χ3n) is 3.51. The maximum absolute atomic E-state index is 12.3. The number of hydrogen-bond acceptors (Lipinski definition) is 4. The first-order valence-corrected chi connectivity index (χ1v) is 8.38. The molecule has 1 aliphatic heterocycles. The van der Waals surface area contributed by atoms with Crippen LogP contribution in [0.15, 0.2) is 30.3 Å². The topological polar surface area (TPSA) is 44.4 Å². The highest BCUT2D eigenvalue weighted by molar-refractivity contribution is 7.99. The Bertz CT molecular complexity index is 407. The molecule has 110 valence electrons. The van der Waals surface area contributed by atoms with Crippen molar-refractivity contribution in [1.29, 1.82) is 0 Å². The zero-order valence-electron chi connectivity index (χ0n) is 12.0. The summed E-state index contributed by atoms with van der Waals surface area (Å²) in [6.45, 7) is 5.89. The van der Waals surface area contributed by atoms with Crippen LogP contribution in [-0.2, 0) is 4.79 Å². The number of hydrogen-bond donors (Lipinski definition) is 2. The van der Waals surface area contributed by atoms with Crippen molar-refractivity contribution < 1.29 is 4.79 Å². The van der Waals surface area contributed by atoms with E-state index in [-0.39, 0.29) is 11.2 Å². The van der Waals surface area contributed by atoms with Gasteiger partial charge in [-0.2, -0.15) is 0 Å². The maximum atomic E-state index is 12.3. The van der Waals surface area contributed by atoms with Crippen LogP contribution >= 0.6 is 11.8 Å². The van der Waals surface area contributed by atoms with E-state index in [1.54, 1.807) is 11.8 Å². The first kappa shape index (κ1) is 15.4. The predicted octanol–water partition coefficient (Wildman–Crippen LogP) is 1.11. The van der Waals surface area contributed by atoms with Crippen LogP contribution in [0.3, 0.4) is 0 Å². The molecule has 1 saturated heterocycles. The van der Waals surface area contributed by atoms with Gasteiger partial charge in [0, 0.05) is 39.3 Å². The molecule has 1 fully saturated rings. The second-order valence-electron chi connectivity index (χ2n) is 4.91. The van der Waals surface area contributed by atoms with Crippen LogP contribution in [-0.4, -0.2) is 56.3 Å². The van der Waals surface area contributed by atoms with E-state index in [0.717, 1.165) is 44.8 Å². The van der Waals surface area contributed by atoms with Gasteiger partial charge in [-0.25, -0.2) is 0 Å². The van der Waals surface area contributed by atoms with Crippen LogP contribution in [0.5, 0.6) is 0 Å². The Kier molecular flexibility index (Phi) is 6.36. The van der Waals surface area contributed by atoms with Crippen molar-refractivity contribution >= 4 is 17.7 Å². The number of thioether (sulfide) groups is 1. The van der Waals surface area contributed by atoms with Crippen molar-refractivity contribution in [3.8, 4) is 0 Å². The highest BCUT2D eigenvalue weighted by Crippen LogP contribution is 2.26. The highest BCUT2D eigenvalue weighted by Gasteiger charge is 2.19. The van der Waals surface area contributed by atoms with E-state index in [4.69, 9.17) is 0 Å². The summed E-state index contributed by atoms with van der Waals surface area (Å²) >= 11 is 1.58. The summed E-state index contributed by atoms with van der Waals surface area (Å²) in [7, 11) is 0. The molecule has 0 bridgehead atoms. The van der Waals surface area contributed by atoms with Crippen molar-refractivity contribution in [2.75, 3.05) is 45.5 Å². The number of amides is 1. The van der Waals surface area contributed by atoms with Crippen molar-refractivity contribution in [2.45, 2.75) is 5.25 Å². The van der Waals surface area contributed by atoms with Crippen LogP contribution in [0, 0.1) is 0 Å². The minimum Gasteiger partial charge on any atom is -0.354 e. The zero-order chi connectivity index (χ0) is 14.2. The first-order chi connectivity index (χ1) is 9.81. The van der Waals surface area contributed by atoms with Gasteiger partial charge < -0.3 is 10.6 Å². The largest absolute Gasteiger partial charge is 0.354 e. The SMILES string of the molecule is CSC(C(=O)NCCN1CCNCC1)c1ccccc1. The van der Waals surface area contributed by atoms with Crippen molar-refractivity contribution in [1.82, 2.24) is 15.5 Å². The van der Waals surface area contributed by atoms with E-state index in [9.17, 15) is 4.79 Å². The number of nitrogens with zero attached hydrogens (tertiary/aromatic N) is 1. The molecule has 0 radical (unpaired) electrons. The molecule has 0 aliphatic carbocycles. The number of nitrogens with one attached hydrogen (secondary N) is 2. The van der Waals surface area contributed by atoms with E-state index in [0.29, 0.717) is 0 Å². The molecule has 2 N–H and O–H groups in total. The van der Waals surface area contributed by atoms with Crippen molar-refractivity contribution in [3.05, 3.63) is 35.9 Å². The number of rotatable bonds is 6. The quantitative estimate of drug-likeness (QED) is 0.825. The van der Waals surface area contributed by atoms with Gasteiger partial charge in [-0.15, -0.1) is 11.8 Å². The second kappa shape index (κ2) is 8.29. The third-order valence-corrected chi connectivity index (χ3v) is 4.47. The number of benzene rings is 1. The Morgan fingerprint density at radius 2 is 2.05 bits per heavy atom. The van der Waals surface area contributed by atoms with Crippen LogP contribution < -0.4 is 10.6 Å². The molecule has 20 heavy (non-hydrogen) atoms. The van der Waals surface area contributed by atoms with Gasteiger partial charge in [0.05, 0.1) is 0 Å². The summed E-state index contributed by atoms with van der Waals surface area (Å²) in [5, 5.41) is 6.28. The van der Waals surface area contributed by atoms with Gasteiger partial charge in [0.25, 0.3) is 0 Å². The Morgan fingerprint density at radius 1 is 1.35 bits per heavy atom. The van der Waals surface area contributed by atoms with Gasteiger partial charge in [0.2, 0.25) is 5.91 Å². The number of piperazine rings is 1. The Balaban J connectivity index is 1.78. The minimum absolute atomic E-state index is 0.110. The summed E-state index contributed by atoms with van der Waals surface area (Å²) < 4.78 is 0. The molecule has 0 spiro atoms. The van der Waals surface area contributed by atoms with Crippen LogP contribution in [0.1, 0.15) is 10.8 Å². The van der Waals surface area contributed by atoms with Gasteiger partial charge in [0.15, 0.2) is 0 Å². The average molecular weight is 293 g/mol. The molecule has 4 nitrogen and oxygen atoms in total. The van der Waals surface area contributed by atoms with E-state index in [2.05, 4.69) is 15.5 Å². The smallest absolute Gasteiger partial charge is 0.237 e. The summed E-state index contributed by atoms with van der Waals surface area (Å²) in [4.78, 5) is 14.6. The molecule has 1 heterocycles. The second-order valence-corrected chi connectivity index (χ2v) is 5.85. The molecule has 1 amide bonds. The summed E-state index contributed by atoms with van der Waals surface area (Å²) in [5.41, 5.74) is 1.07. The van der Waals surface area contributed by atoms with Gasteiger partial charge in [-0.05, 0) is 11.8 Å². The first-order valence-electron chi connectivity index (χ1n) is 7.10. The van der Waals surface area contributed by atoms with Crippen LogP contribution in [0.25, 0.3) is 0 Å². The normalized spacial score (nSPS) is 17.6. The lowest BCUT2D eigenvalue weighted by Crippen LogP contribution is -2.46. The average Bonchev–Trinajstić information content (AvgIpc) is 2.50. The fraction of sp³-hybridized carbons (Fsp3) is 0.533. The fourth-order valence-electron chi connectivity index (χ4n) is 2.39. The van der Waals surface area contributed by atoms with Crippen LogP contribution in [0.2, 0.25) is 0 Å². The molecule has 5 heteroatoms. The van der Waals surface area contributed by atoms with Crippen LogP contribution in [0.4, 0.5) is 0 Å². The summed E-state index contributed by atoms with van der Waals surface area (Å²) in [5.74, 6) is 0.110. The molecular weight excluding hydrogens is 270 g/mol. The molecule has 0 saturated carbocycles. The Labute approximate surface area is 125 Å². The minimum atomic E-state index is -0.112. The lowest BCUT2D eigenvalue weighted by atomic mass is 10.1. The monoisotopic (exact) mass is 293 g/mol. The van der Waals surface area contributed by atoms with Gasteiger partial charge >= 0.3 is 0 Å². The number of carbonyl (C=O) groups is 1. The molecular formula is C15H23N3OS. The number of carbonyl (C=O) groups excluding carboxylic acids is 1. The standard InChI is InChI=1S/C15H23N3OS/c1-20-14(13-5-3-2-4-6-13)15(19)17-9-12-18-10-7-16-8-11-18/h2-6,14,16H,7-12H2,1H3,(H,17,19). The molecule has 1 unspecified atom stereocenters. The predicted molar refractivity (Wildman–Crippen MR) is 85.0 cm³/mol. The summed E-state index contributed by atoms with van der Waals surface area (Å²) in [6, 6.07) is 9.95. The summed E-state index contributed by atoms with van der Waals surface area (Å²) in [6.07, 6.45) is 1.98. The molecule has 0 aromatic heterocycles. The fourth-order valence-corrected chi connectivity index (χ4v) is 3.11. The van der Waals surface area contributed by atoms with Crippen molar-refractivity contribution in [2.24, 2.45) is 0 Å². The lowest BCUT2D eigenvalue weighted by Gasteiger charge is -2.27. The molecule has 1 aliphatic rings. The highest BCUT2D eigenvalue weighted by atomic mass is 32.2. The van der Waals surface area contributed by atoms with Crippen molar-refractivity contribution in [3.63, 3.8) is 0 Å². The van der Waals surface area contributed by atoms with E-state index < -0.39 is 0 Å². The zero-order valence-corrected chi connectivity index (χ0v) is 12.8. The third kappa shape index (κ3) is 4.51. The molecule has 2 rings (SSSR count). The molecule has 1 atom stereocenters.